The van der Waals surface area contributed by atoms with E-state index in [-0.39, 0.29) is 18.4 Å². The first kappa shape index (κ1) is 16.8. The van der Waals surface area contributed by atoms with Crippen molar-refractivity contribution in [3.63, 3.8) is 0 Å². The van der Waals surface area contributed by atoms with Crippen molar-refractivity contribution >= 4 is 23.2 Å². The van der Waals surface area contributed by atoms with E-state index in [2.05, 4.69) is 10.6 Å². The number of rotatable bonds is 4. The molecule has 6 nitrogen and oxygen atoms in total. The second-order valence-corrected chi connectivity index (χ2v) is 6.07. The molecule has 25 heavy (non-hydrogen) atoms. The fraction of sp³-hybridized carbons (Fsp3) is 0.263. The highest BCUT2D eigenvalue weighted by Gasteiger charge is 2.23. The summed E-state index contributed by atoms with van der Waals surface area (Å²) in [4.78, 5) is 23.8. The molecule has 1 heterocycles. The molecular weight excluding hydrogens is 320 g/mol. The van der Waals surface area contributed by atoms with E-state index in [1.54, 1.807) is 25.1 Å². The summed E-state index contributed by atoms with van der Waals surface area (Å²) in [7, 11) is 0. The lowest BCUT2D eigenvalue weighted by Gasteiger charge is -2.23. The van der Waals surface area contributed by atoms with Gasteiger partial charge in [0.2, 0.25) is 0 Å². The van der Waals surface area contributed by atoms with E-state index in [0.29, 0.717) is 22.9 Å². The molecule has 2 N–H and O–H groups in total. The lowest BCUT2D eigenvalue weighted by molar-refractivity contribution is -0.122. The van der Waals surface area contributed by atoms with Gasteiger partial charge in [0, 0.05) is 5.69 Å². The second kappa shape index (κ2) is 6.84. The number of nitrogens with one attached hydrogen (secondary N) is 2. The Hall–Kier alpha value is -3.02. The molecule has 1 aliphatic heterocycles. The van der Waals surface area contributed by atoms with E-state index in [9.17, 15) is 9.59 Å². The monoisotopic (exact) mass is 340 g/mol. The van der Waals surface area contributed by atoms with Crippen LogP contribution in [0.3, 0.4) is 0 Å². The summed E-state index contributed by atoms with van der Waals surface area (Å²) in [5, 5.41) is 5.50. The number of hydrogen-bond donors (Lipinski definition) is 2. The van der Waals surface area contributed by atoms with Crippen molar-refractivity contribution in [1.29, 1.82) is 0 Å². The van der Waals surface area contributed by atoms with Crippen LogP contribution >= 0.6 is 0 Å². The normalized spacial score (nSPS) is 15.6. The predicted octanol–water partition coefficient (Wildman–Crippen LogP) is 3.04. The third kappa shape index (κ3) is 3.91. The highest BCUT2D eigenvalue weighted by Crippen LogP contribution is 2.32. The van der Waals surface area contributed by atoms with Crippen LogP contribution in [0.25, 0.3) is 0 Å². The van der Waals surface area contributed by atoms with Gasteiger partial charge in [-0.15, -0.1) is 0 Å². The minimum Gasteiger partial charge on any atom is -0.483 e. The number of carbonyl (C=O) groups is 2. The lowest BCUT2D eigenvalue weighted by atomic mass is 10.1. The van der Waals surface area contributed by atoms with Crippen LogP contribution in [0.4, 0.5) is 11.4 Å². The van der Waals surface area contributed by atoms with Crippen molar-refractivity contribution < 1.29 is 19.1 Å². The number of amides is 2. The molecule has 0 fully saturated rings. The fourth-order valence-corrected chi connectivity index (χ4v) is 2.49. The van der Waals surface area contributed by atoms with Crippen molar-refractivity contribution in [2.24, 2.45) is 0 Å². The van der Waals surface area contributed by atoms with E-state index in [0.717, 1.165) is 11.1 Å². The van der Waals surface area contributed by atoms with Crippen LogP contribution in [-0.2, 0) is 9.59 Å². The first-order valence-electron chi connectivity index (χ1n) is 8.04. The smallest absolute Gasteiger partial charge is 0.265 e. The maximum absolute atomic E-state index is 12.1. The topological polar surface area (TPSA) is 76.7 Å². The van der Waals surface area contributed by atoms with Gasteiger partial charge in [-0.2, -0.15) is 0 Å². The molecule has 0 aliphatic carbocycles. The standard InChI is InChI=1S/C19H20N2O4/c1-11-4-5-12(2)17(8-11)24-10-18(22)20-14-6-7-16-15(9-14)21-19(23)13(3)25-16/h4-9,13H,10H2,1-3H3,(H,20,22)(H,21,23). The molecule has 6 heteroatoms. The summed E-state index contributed by atoms with van der Waals surface area (Å²) in [6.45, 7) is 5.48. The van der Waals surface area contributed by atoms with Crippen LogP contribution in [0.5, 0.6) is 11.5 Å². The van der Waals surface area contributed by atoms with E-state index in [1.807, 2.05) is 32.0 Å². The van der Waals surface area contributed by atoms with Crippen molar-refractivity contribution in [2.45, 2.75) is 26.9 Å². The van der Waals surface area contributed by atoms with E-state index < -0.39 is 6.10 Å². The van der Waals surface area contributed by atoms with Crippen LogP contribution in [0.15, 0.2) is 36.4 Å². The molecule has 2 aromatic carbocycles. The molecule has 1 aliphatic rings. The minimum atomic E-state index is -0.529. The molecular formula is C19H20N2O4. The van der Waals surface area contributed by atoms with E-state index in [1.165, 1.54) is 0 Å². The molecule has 130 valence electrons. The van der Waals surface area contributed by atoms with Gasteiger partial charge >= 0.3 is 0 Å². The largest absolute Gasteiger partial charge is 0.483 e. The number of aryl methyl sites for hydroxylation is 2. The molecule has 0 radical (unpaired) electrons. The number of carbonyl (C=O) groups excluding carboxylic acids is 2. The quantitative estimate of drug-likeness (QED) is 0.897. The van der Waals surface area contributed by atoms with Gasteiger partial charge in [-0.3, -0.25) is 9.59 Å². The Kier molecular flexibility index (Phi) is 4.61. The molecule has 3 rings (SSSR count). The fourth-order valence-electron chi connectivity index (χ4n) is 2.49. The Labute approximate surface area is 146 Å². The molecule has 0 saturated carbocycles. The van der Waals surface area contributed by atoms with Gasteiger partial charge in [0.1, 0.15) is 11.5 Å². The molecule has 0 spiro atoms. The molecule has 2 aromatic rings. The lowest BCUT2D eigenvalue weighted by Crippen LogP contribution is -2.34. The summed E-state index contributed by atoms with van der Waals surface area (Å²) in [6.07, 6.45) is -0.529. The predicted molar refractivity (Wildman–Crippen MR) is 95.2 cm³/mol. The first-order chi connectivity index (χ1) is 11.9. The summed E-state index contributed by atoms with van der Waals surface area (Å²) in [5.74, 6) is 0.776. The Morgan fingerprint density at radius 3 is 2.84 bits per heavy atom. The highest BCUT2D eigenvalue weighted by molar-refractivity contribution is 5.99. The minimum absolute atomic E-state index is 0.0960. The number of hydrogen-bond acceptors (Lipinski definition) is 4. The second-order valence-electron chi connectivity index (χ2n) is 6.07. The Morgan fingerprint density at radius 1 is 1.24 bits per heavy atom. The van der Waals surface area contributed by atoms with E-state index >= 15 is 0 Å². The average molecular weight is 340 g/mol. The maximum atomic E-state index is 12.1. The Bertz CT molecular complexity index is 832. The Balaban J connectivity index is 1.63. The van der Waals surface area contributed by atoms with Crippen molar-refractivity contribution in [1.82, 2.24) is 0 Å². The number of fused-ring (bicyclic) bond motifs is 1. The zero-order valence-corrected chi connectivity index (χ0v) is 14.4. The SMILES string of the molecule is Cc1ccc(C)c(OCC(=O)Nc2ccc3c(c2)NC(=O)C(C)O3)c1. The van der Waals surface area contributed by atoms with Gasteiger partial charge in [-0.05, 0) is 56.2 Å². The van der Waals surface area contributed by atoms with Crippen LogP contribution in [0.2, 0.25) is 0 Å². The third-order valence-corrected chi connectivity index (χ3v) is 3.90. The average Bonchev–Trinajstić information content (AvgIpc) is 2.57. The van der Waals surface area contributed by atoms with Gasteiger partial charge < -0.3 is 20.1 Å². The van der Waals surface area contributed by atoms with Crippen LogP contribution in [0, 0.1) is 13.8 Å². The van der Waals surface area contributed by atoms with Crippen LogP contribution in [-0.4, -0.2) is 24.5 Å². The van der Waals surface area contributed by atoms with Gasteiger partial charge in [0.25, 0.3) is 11.8 Å². The maximum Gasteiger partial charge on any atom is 0.265 e. The molecule has 0 aromatic heterocycles. The zero-order chi connectivity index (χ0) is 18.0. The van der Waals surface area contributed by atoms with Crippen molar-refractivity contribution in [2.75, 3.05) is 17.2 Å². The first-order valence-corrected chi connectivity index (χ1v) is 8.04. The third-order valence-electron chi connectivity index (χ3n) is 3.90. The zero-order valence-electron chi connectivity index (χ0n) is 14.4. The summed E-state index contributed by atoms with van der Waals surface area (Å²) >= 11 is 0. The number of ether oxygens (including phenoxy) is 2. The highest BCUT2D eigenvalue weighted by atomic mass is 16.5. The molecule has 2 amide bonds. The van der Waals surface area contributed by atoms with Crippen LogP contribution in [0.1, 0.15) is 18.1 Å². The van der Waals surface area contributed by atoms with E-state index in [4.69, 9.17) is 9.47 Å². The van der Waals surface area contributed by atoms with Gasteiger partial charge in [0.15, 0.2) is 12.7 Å². The summed E-state index contributed by atoms with van der Waals surface area (Å²) < 4.78 is 11.1. The Morgan fingerprint density at radius 2 is 2.04 bits per heavy atom. The summed E-state index contributed by atoms with van der Waals surface area (Å²) in [6, 6.07) is 10.9. The number of anilines is 2. The van der Waals surface area contributed by atoms with Gasteiger partial charge in [-0.1, -0.05) is 12.1 Å². The van der Waals surface area contributed by atoms with Crippen molar-refractivity contribution in [3.05, 3.63) is 47.5 Å². The number of benzene rings is 2. The molecule has 0 saturated heterocycles. The molecule has 1 unspecified atom stereocenters. The molecule has 0 bridgehead atoms. The molecule has 1 atom stereocenters. The van der Waals surface area contributed by atoms with Crippen LogP contribution < -0.4 is 20.1 Å². The van der Waals surface area contributed by atoms with Gasteiger partial charge in [0.05, 0.1) is 5.69 Å². The van der Waals surface area contributed by atoms with Crippen molar-refractivity contribution in [3.8, 4) is 11.5 Å². The van der Waals surface area contributed by atoms with Gasteiger partial charge in [-0.25, -0.2) is 0 Å². The summed E-state index contributed by atoms with van der Waals surface area (Å²) in [5.41, 5.74) is 3.14.